The topological polar surface area (TPSA) is 62.4 Å². The molecule has 1 aromatic carbocycles. The van der Waals surface area contributed by atoms with E-state index in [1.165, 1.54) is 12.2 Å². The largest absolute Gasteiger partial charge is 0.299 e. The number of hydrogen-bond donors (Lipinski definition) is 0. The van der Waals surface area contributed by atoms with Crippen LogP contribution < -0.4 is 0 Å². The van der Waals surface area contributed by atoms with E-state index >= 15 is 0 Å². The molecule has 0 aromatic heterocycles. The molecule has 0 radical (unpaired) electrons. The Morgan fingerprint density at radius 1 is 1.07 bits per heavy atom. The van der Waals surface area contributed by atoms with Crippen molar-refractivity contribution in [2.45, 2.75) is 13.8 Å². The van der Waals surface area contributed by atoms with Crippen molar-refractivity contribution in [3.63, 3.8) is 0 Å². The summed E-state index contributed by atoms with van der Waals surface area (Å²) in [5.41, 5.74) is 2.03. The minimum absolute atomic E-state index is 0.210. The number of oxime groups is 1. The second-order valence-electron chi connectivity index (χ2n) is 5.90. The minimum atomic E-state index is -3.77. The van der Waals surface area contributed by atoms with Crippen LogP contribution in [0, 0.1) is 11.3 Å². The first kappa shape index (κ1) is 22.0. The molecule has 29 heavy (non-hydrogen) atoms. The molecule has 0 N–H and O–H groups in total. The van der Waals surface area contributed by atoms with Crippen molar-refractivity contribution in [1.82, 2.24) is 0 Å². The lowest BCUT2D eigenvalue weighted by atomic mass is 9.97. The number of nitrogens with zero attached hydrogens (tertiary/aromatic N) is 2. The monoisotopic (exact) mass is 418 g/mol. The number of rotatable bonds is 5. The van der Waals surface area contributed by atoms with Crippen LogP contribution in [0.25, 0.3) is 5.57 Å². The molecule has 0 amide bonds. The summed E-state index contributed by atoms with van der Waals surface area (Å²) in [4.78, 5) is -0.712. The van der Waals surface area contributed by atoms with E-state index in [1.54, 1.807) is 24.3 Å². The van der Waals surface area contributed by atoms with E-state index in [2.05, 4.69) is 17.1 Å². The van der Waals surface area contributed by atoms with Crippen LogP contribution in [0.3, 0.4) is 0 Å². The maximum absolute atomic E-state index is 13.8. The van der Waals surface area contributed by atoms with Gasteiger partial charge < -0.3 is 0 Å². The van der Waals surface area contributed by atoms with Crippen LogP contribution in [0.5, 0.6) is 0 Å². The van der Waals surface area contributed by atoms with Crippen molar-refractivity contribution < 1.29 is 21.7 Å². The van der Waals surface area contributed by atoms with Crippen molar-refractivity contribution >= 4 is 27.0 Å². The van der Waals surface area contributed by atoms with Crippen LogP contribution in [0.4, 0.5) is 13.2 Å². The van der Waals surface area contributed by atoms with Crippen molar-refractivity contribution in [3.05, 3.63) is 88.2 Å². The Kier molecular flexibility index (Phi) is 7.02. The first-order chi connectivity index (χ1) is 13.7. The van der Waals surface area contributed by atoms with Gasteiger partial charge in [0, 0.05) is 0 Å². The third-order valence-corrected chi connectivity index (χ3v) is 5.29. The summed E-state index contributed by atoms with van der Waals surface area (Å²) in [6.07, 6.45) is 6.20. The average Bonchev–Trinajstić information content (AvgIpc) is 2.72. The SMILES string of the molecule is C=S(=O)(ON=C1C=CC(=C(C#N)c2ccccc2)C=C1)C(C)=C(F)C(F)=C(C)F. The summed E-state index contributed by atoms with van der Waals surface area (Å²) in [5.74, 6) is -1.61. The van der Waals surface area contributed by atoms with E-state index in [-0.39, 0.29) is 5.71 Å². The van der Waals surface area contributed by atoms with Gasteiger partial charge in [-0.25, -0.2) is 17.4 Å². The van der Waals surface area contributed by atoms with Crippen LogP contribution in [-0.2, 0) is 14.1 Å². The molecule has 0 heterocycles. The molecule has 0 spiro atoms. The van der Waals surface area contributed by atoms with E-state index in [1.807, 2.05) is 18.2 Å². The van der Waals surface area contributed by atoms with E-state index in [9.17, 15) is 22.6 Å². The molecule has 0 fully saturated rings. The Morgan fingerprint density at radius 2 is 1.66 bits per heavy atom. The van der Waals surface area contributed by atoms with Gasteiger partial charge in [0.05, 0.1) is 10.5 Å². The Bertz CT molecular complexity index is 1110. The van der Waals surface area contributed by atoms with Crippen LogP contribution in [0.15, 0.2) is 87.8 Å². The molecule has 2 rings (SSSR count). The second-order valence-corrected chi connectivity index (χ2v) is 7.89. The highest BCUT2D eigenvalue weighted by atomic mass is 32.2. The summed E-state index contributed by atoms with van der Waals surface area (Å²) < 4.78 is 57.2. The fourth-order valence-electron chi connectivity index (χ4n) is 2.19. The molecule has 0 aliphatic heterocycles. The summed E-state index contributed by atoms with van der Waals surface area (Å²) in [6.45, 7) is 1.70. The number of benzene rings is 1. The number of hydrogen-bond acceptors (Lipinski definition) is 4. The zero-order valence-electron chi connectivity index (χ0n) is 15.7. The summed E-state index contributed by atoms with van der Waals surface area (Å²) >= 11 is 0. The molecular weight excluding hydrogens is 401 g/mol. The van der Waals surface area contributed by atoms with Crippen LogP contribution in [0.1, 0.15) is 19.4 Å². The lowest BCUT2D eigenvalue weighted by Gasteiger charge is -2.10. The van der Waals surface area contributed by atoms with Crippen LogP contribution in [-0.4, -0.2) is 15.8 Å². The third-order valence-electron chi connectivity index (χ3n) is 3.86. The van der Waals surface area contributed by atoms with Gasteiger partial charge >= 0.3 is 0 Å². The van der Waals surface area contributed by atoms with Gasteiger partial charge in [0.25, 0.3) is 0 Å². The van der Waals surface area contributed by atoms with Gasteiger partial charge in [0.15, 0.2) is 21.5 Å². The highest BCUT2D eigenvalue weighted by Gasteiger charge is 2.20. The van der Waals surface area contributed by atoms with Gasteiger partial charge in [0.2, 0.25) is 0 Å². The normalized spacial score (nSPS) is 17.0. The molecule has 1 aliphatic rings. The van der Waals surface area contributed by atoms with Gasteiger partial charge in [-0.15, -0.1) is 0 Å². The van der Waals surface area contributed by atoms with Crippen LogP contribution in [0.2, 0.25) is 0 Å². The smallest absolute Gasteiger partial charge is 0.190 e. The summed E-state index contributed by atoms with van der Waals surface area (Å²) in [6, 6.07) is 11.2. The Morgan fingerprint density at radius 3 is 2.17 bits per heavy atom. The first-order valence-electron chi connectivity index (χ1n) is 8.25. The fraction of sp³-hybridized carbons (Fsp3) is 0.0952. The van der Waals surface area contributed by atoms with E-state index in [0.29, 0.717) is 11.1 Å². The molecule has 1 aromatic rings. The molecule has 4 nitrogen and oxygen atoms in total. The van der Waals surface area contributed by atoms with Gasteiger partial charge in [0.1, 0.15) is 17.6 Å². The summed E-state index contributed by atoms with van der Waals surface area (Å²) in [7, 11) is -3.77. The van der Waals surface area contributed by atoms with Gasteiger partial charge in [-0.1, -0.05) is 47.6 Å². The quantitative estimate of drug-likeness (QED) is 0.276. The Labute approximate surface area is 167 Å². The zero-order valence-corrected chi connectivity index (χ0v) is 16.5. The Hall–Kier alpha value is -3.31. The maximum atomic E-state index is 13.8. The number of halogens is 3. The molecule has 1 unspecified atom stereocenters. The molecule has 1 atom stereocenters. The van der Waals surface area contributed by atoms with Crippen molar-refractivity contribution in [2.24, 2.45) is 5.16 Å². The van der Waals surface area contributed by atoms with Crippen LogP contribution >= 0.6 is 0 Å². The maximum Gasteiger partial charge on any atom is 0.190 e. The molecule has 0 saturated carbocycles. The predicted molar refractivity (Wildman–Crippen MR) is 110 cm³/mol. The number of allylic oxidation sites excluding steroid dienone is 10. The lowest BCUT2D eigenvalue weighted by molar-refractivity contribution is 0.374. The van der Waals surface area contributed by atoms with Crippen molar-refractivity contribution in [2.75, 3.05) is 0 Å². The standard InChI is InChI=1S/C21H17F3N2O2S/c1-14(22)20(23)21(24)15(2)29(3,27)28-26-18-11-9-17(10-12-18)19(13-25)16-7-5-4-6-8-16/h4-12H,3H2,1-2H3. The van der Waals surface area contributed by atoms with E-state index < -0.39 is 32.2 Å². The molecule has 0 saturated heterocycles. The average molecular weight is 418 g/mol. The molecule has 1 aliphatic carbocycles. The van der Waals surface area contributed by atoms with Gasteiger partial charge in [-0.05, 0) is 43.0 Å². The van der Waals surface area contributed by atoms with E-state index in [0.717, 1.165) is 19.4 Å². The third kappa shape index (κ3) is 5.36. The lowest BCUT2D eigenvalue weighted by Crippen LogP contribution is -2.07. The van der Waals surface area contributed by atoms with Crippen molar-refractivity contribution in [3.8, 4) is 6.07 Å². The molecule has 8 heteroatoms. The molecule has 150 valence electrons. The second kappa shape index (κ2) is 9.26. The van der Waals surface area contributed by atoms with Gasteiger partial charge in [-0.2, -0.15) is 5.26 Å². The zero-order chi connectivity index (χ0) is 21.6. The Balaban J connectivity index is 2.25. The minimum Gasteiger partial charge on any atom is -0.299 e. The summed E-state index contributed by atoms with van der Waals surface area (Å²) in [5, 5.41) is 13.0. The highest BCUT2D eigenvalue weighted by molar-refractivity contribution is 7.99. The first-order valence-corrected chi connectivity index (χ1v) is 9.91. The van der Waals surface area contributed by atoms with Gasteiger partial charge in [-0.3, -0.25) is 4.28 Å². The fourth-order valence-corrected chi connectivity index (χ4v) is 2.87. The highest BCUT2D eigenvalue weighted by Crippen LogP contribution is 2.26. The molecule has 0 bridgehead atoms. The van der Waals surface area contributed by atoms with E-state index in [4.69, 9.17) is 4.28 Å². The number of nitriles is 1. The molecular formula is C21H17F3N2O2S. The predicted octanol–water partition coefficient (Wildman–Crippen LogP) is 5.47. The van der Waals surface area contributed by atoms with Crippen molar-refractivity contribution in [1.29, 1.82) is 5.26 Å².